The predicted octanol–water partition coefficient (Wildman–Crippen LogP) is 2.87. The normalized spacial score (nSPS) is 11.9. The van der Waals surface area contributed by atoms with Gasteiger partial charge in [-0.3, -0.25) is 0 Å². The lowest BCUT2D eigenvalue weighted by Crippen LogP contribution is -2.12. The van der Waals surface area contributed by atoms with Crippen LogP contribution in [0.1, 0.15) is 37.6 Å². The van der Waals surface area contributed by atoms with Crippen LogP contribution in [-0.2, 0) is 4.74 Å². The van der Waals surface area contributed by atoms with E-state index in [2.05, 4.69) is 6.92 Å². The largest absolute Gasteiger partial charge is 0.492 e. The summed E-state index contributed by atoms with van der Waals surface area (Å²) in [7, 11) is 0. The first-order chi connectivity index (χ1) is 8.58. The first-order valence-corrected chi connectivity index (χ1v) is 6.27. The fourth-order valence-corrected chi connectivity index (χ4v) is 1.38. The van der Waals surface area contributed by atoms with Gasteiger partial charge in [-0.15, -0.1) is 0 Å². The van der Waals surface area contributed by atoms with Crippen molar-refractivity contribution < 1.29 is 14.3 Å². The van der Waals surface area contributed by atoms with Crippen molar-refractivity contribution in [1.82, 2.24) is 0 Å². The molecule has 0 aliphatic heterocycles. The summed E-state index contributed by atoms with van der Waals surface area (Å²) in [5.41, 5.74) is 6.71. The van der Waals surface area contributed by atoms with Gasteiger partial charge in [0, 0.05) is 0 Å². The zero-order valence-corrected chi connectivity index (χ0v) is 11.2. The van der Waals surface area contributed by atoms with Crippen LogP contribution in [0.15, 0.2) is 18.2 Å². The average Bonchev–Trinajstić information content (AvgIpc) is 2.38. The summed E-state index contributed by atoms with van der Waals surface area (Å²) in [4.78, 5) is 11.8. The van der Waals surface area contributed by atoms with Gasteiger partial charge in [0.2, 0.25) is 0 Å². The molecule has 0 saturated heterocycles. The first-order valence-electron chi connectivity index (χ1n) is 6.27. The summed E-state index contributed by atoms with van der Waals surface area (Å²) in [6, 6.07) is 4.95. The standard InChI is InChI=1S/C14H21NO3/c1-4-10(3)9-18-14(16)11-6-7-13(17-5-2)12(15)8-11/h6-8,10H,4-5,9,15H2,1-3H3. The zero-order valence-electron chi connectivity index (χ0n) is 11.2. The van der Waals surface area contributed by atoms with Crippen LogP contribution in [-0.4, -0.2) is 19.2 Å². The highest BCUT2D eigenvalue weighted by Gasteiger charge is 2.11. The highest BCUT2D eigenvalue weighted by atomic mass is 16.5. The van der Waals surface area contributed by atoms with E-state index in [1.54, 1.807) is 18.2 Å². The average molecular weight is 251 g/mol. The molecule has 18 heavy (non-hydrogen) atoms. The van der Waals surface area contributed by atoms with E-state index in [0.29, 0.717) is 36.1 Å². The van der Waals surface area contributed by atoms with E-state index in [4.69, 9.17) is 15.2 Å². The molecule has 2 N–H and O–H groups in total. The molecule has 4 heteroatoms. The van der Waals surface area contributed by atoms with Gasteiger partial charge in [-0.2, -0.15) is 0 Å². The Balaban J connectivity index is 2.66. The van der Waals surface area contributed by atoms with Gasteiger partial charge in [0.15, 0.2) is 0 Å². The van der Waals surface area contributed by atoms with Crippen molar-refractivity contribution in [3.63, 3.8) is 0 Å². The number of benzene rings is 1. The molecule has 1 unspecified atom stereocenters. The van der Waals surface area contributed by atoms with Crippen molar-refractivity contribution in [1.29, 1.82) is 0 Å². The summed E-state index contributed by atoms with van der Waals surface area (Å²) < 4.78 is 10.5. The number of ether oxygens (including phenoxy) is 2. The van der Waals surface area contributed by atoms with Crippen molar-refractivity contribution in [3.8, 4) is 5.75 Å². The molecule has 0 amide bonds. The summed E-state index contributed by atoms with van der Waals surface area (Å²) in [6.07, 6.45) is 0.985. The highest BCUT2D eigenvalue weighted by Crippen LogP contribution is 2.23. The predicted molar refractivity (Wildman–Crippen MR) is 71.8 cm³/mol. The van der Waals surface area contributed by atoms with Crippen LogP contribution in [0.3, 0.4) is 0 Å². The Hall–Kier alpha value is -1.71. The van der Waals surface area contributed by atoms with Crippen molar-refractivity contribution in [2.45, 2.75) is 27.2 Å². The smallest absolute Gasteiger partial charge is 0.338 e. The maximum Gasteiger partial charge on any atom is 0.338 e. The number of anilines is 1. The molecule has 0 aromatic heterocycles. The topological polar surface area (TPSA) is 61.5 Å². The number of hydrogen-bond acceptors (Lipinski definition) is 4. The van der Waals surface area contributed by atoms with Crippen molar-refractivity contribution >= 4 is 11.7 Å². The Morgan fingerprint density at radius 2 is 2.11 bits per heavy atom. The van der Waals surface area contributed by atoms with E-state index < -0.39 is 0 Å². The molecule has 0 heterocycles. The number of carbonyl (C=O) groups is 1. The van der Waals surface area contributed by atoms with E-state index >= 15 is 0 Å². The van der Waals surface area contributed by atoms with E-state index in [-0.39, 0.29) is 5.97 Å². The number of nitrogens with two attached hydrogens (primary N) is 1. The molecule has 0 radical (unpaired) electrons. The molecule has 100 valence electrons. The fraction of sp³-hybridized carbons (Fsp3) is 0.500. The molecule has 0 aliphatic carbocycles. The minimum absolute atomic E-state index is 0.343. The first kappa shape index (κ1) is 14.4. The number of esters is 1. The zero-order chi connectivity index (χ0) is 13.5. The lowest BCUT2D eigenvalue weighted by atomic mass is 10.1. The number of rotatable bonds is 6. The second-order valence-corrected chi connectivity index (χ2v) is 4.30. The monoisotopic (exact) mass is 251 g/mol. The maximum atomic E-state index is 11.8. The summed E-state index contributed by atoms with van der Waals surface area (Å²) in [5.74, 6) is 0.620. The molecule has 0 saturated carbocycles. The van der Waals surface area contributed by atoms with Crippen LogP contribution in [0, 0.1) is 5.92 Å². The van der Waals surface area contributed by atoms with E-state index in [9.17, 15) is 4.79 Å². The third-order valence-corrected chi connectivity index (χ3v) is 2.74. The van der Waals surface area contributed by atoms with Crippen LogP contribution < -0.4 is 10.5 Å². The lowest BCUT2D eigenvalue weighted by Gasteiger charge is -2.11. The molecule has 1 rings (SSSR count). The van der Waals surface area contributed by atoms with Crippen molar-refractivity contribution in [2.75, 3.05) is 18.9 Å². The van der Waals surface area contributed by atoms with Crippen LogP contribution in [0.2, 0.25) is 0 Å². The van der Waals surface area contributed by atoms with Crippen LogP contribution >= 0.6 is 0 Å². The molecule has 0 fully saturated rings. The lowest BCUT2D eigenvalue weighted by molar-refractivity contribution is 0.0447. The highest BCUT2D eigenvalue weighted by molar-refractivity contribution is 5.91. The number of nitrogen functional groups attached to an aromatic ring is 1. The summed E-state index contributed by atoms with van der Waals surface area (Å²) >= 11 is 0. The van der Waals surface area contributed by atoms with Gasteiger partial charge in [-0.1, -0.05) is 20.3 Å². The molecule has 0 bridgehead atoms. The molecule has 1 atom stereocenters. The van der Waals surface area contributed by atoms with Gasteiger partial charge in [0.1, 0.15) is 5.75 Å². The van der Waals surface area contributed by atoms with Crippen LogP contribution in [0.5, 0.6) is 5.75 Å². The Bertz CT molecular complexity index is 404. The quantitative estimate of drug-likeness (QED) is 0.623. The maximum absolute atomic E-state index is 11.8. The van der Waals surface area contributed by atoms with E-state index in [1.165, 1.54) is 0 Å². The minimum Gasteiger partial charge on any atom is -0.492 e. The number of carbonyl (C=O) groups excluding carboxylic acids is 1. The van der Waals surface area contributed by atoms with Crippen molar-refractivity contribution in [3.05, 3.63) is 23.8 Å². The second kappa shape index (κ2) is 6.89. The van der Waals surface area contributed by atoms with Gasteiger partial charge < -0.3 is 15.2 Å². The molecular formula is C14H21NO3. The Morgan fingerprint density at radius 3 is 2.67 bits per heavy atom. The Labute approximate surface area is 108 Å². The van der Waals surface area contributed by atoms with Gasteiger partial charge in [-0.05, 0) is 31.0 Å². The minimum atomic E-state index is -0.343. The summed E-state index contributed by atoms with van der Waals surface area (Å²) in [5, 5.41) is 0. The second-order valence-electron chi connectivity index (χ2n) is 4.30. The SMILES string of the molecule is CCOc1ccc(C(=O)OCC(C)CC)cc1N. The molecule has 1 aromatic rings. The third kappa shape index (κ3) is 3.95. The van der Waals surface area contributed by atoms with Gasteiger partial charge in [0.05, 0.1) is 24.5 Å². The van der Waals surface area contributed by atoms with Crippen LogP contribution in [0.25, 0.3) is 0 Å². The summed E-state index contributed by atoms with van der Waals surface area (Å²) in [6.45, 7) is 6.96. The van der Waals surface area contributed by atoms with Gasteiger partial charge in [0.25, 0.3) is 0 Å². The van der Waals surface area contributed by atoms with E-state index in [0.717, 1.165) is 6.42 Å². The third-order valence-electron chi connectivity index (χ3n) is 2.74. The Kier molecular flexibility index (Phi) is 5.49. The fourth-order valence-electron chi connectivity index (χ4n) is 1.38. The Morgan fingerprint density at radius 1 is 1.39 bits per heavy atom. The van der Waals surface area contributed by atoms with Crippen molar-refractivity contribution in [2.24, 2.45) is 5.92 Å². The van der Waals surface area contributed by atoms with Gasteiger partial charge in [-0.25, -0.2) is 4.79 Å². The number of hydrogen-bond donors (Lipinski definition) is 1. The van der Waals surface area contributed by atoms with Gasteiger partial charge >= 0.3 is 5.97 Å². The van der Waals surface area contributed by atoms with E-state index in [1.807, 2.05) is 13.8 Å². The molecule has 4 nitrogen and oxygen atoms in total. The van der Waals surface area contributed by atoms with Crippen LogP contribution in [0.4, 0.5) is 5.69 Å². The molecule has 1 aromatic carbocycles. The molecule has 0 spiro atoms. The molecule has 0 aliphatic rings. The molecular weight excluding hydrogens is 230 g/mol.